The summed E-state index contributed by atoms with van der Waals surface area (Å²) in [5.41, 5.74) is 2.78. The Balaban J connectivity index is 2.23. The lowest BCUT2D eigenvalue weighted by atomic mass is 10.0. The maximum absolute atomic E-state index is 12.2. The topological polar surface area (TPSA) is 37.4 Å². The first-order valence-corrected chi connectivity index (χ1v) is 7.55. The van der Waals surface area contributed by atoms with Crippen LogP contribution >= 0.6 is 15.9 Å². The molecule has 0 aliphatic carbocycles. The van der Waals surface area contributed by atoms with Crippen LogP contribution in [0.25, 0.3) is 0 Å². The van der Waals surface area contributed by atoms with E-state index in [2.05, 4.69) is 22.9 Å². The number of ketones is 1. The van der Waals surface area contributed by atoms with Gasteiger partial charge in [-0.3, -0.25) is 9.59 Å². The van der Waals surface area contributed by atoms with Crippen molar-refractivity contribution in [2.75, 3.05) is 11.4 Å². The Labute approximate surface area is 122 Å². The zero-order valence-corrected chi connectivity index (χ0v) is 12.9. The van der Waals surface area contributed by atoms with E-state index in [-0.39, 0.29) is 16.5 Å². The molecule has 1 aromatic carbocycles. The third-order valence-electron chi connectivity index (χ3n) is 3.47. The molecule has 1 amide bonds. The summed E-state index contributed by atoms with van der Waals surface area (Å²) in [5, 5.41) is 0. The highest BCUT2D eigenvalue weighted by Gasteiger charge is 2.24. The minimum absolute atomic E-state index is 0.0576. The van der Waals surface area contributed by atoms with Crippen molar-refractivity contribution in [1.82, 2.24) is 0 Å². The van der Waals surface area contributed by atoms with E-state index in [1.807, 2.05) is 18.2 Å². The van der Waals surface area contributed by atoms with Gasteiger partial charge in [-0.1, -0.05) is 29.3 Å². The first kappa shape index (κ1) is 14.3. The number of halogens is 1. The third kappa shape index (κ3) is 2.89. The first-order chi connectivity index (χ1) is 9.04. The Morgan fingerprint density at radius 3 is 2.79 bits per heavy atom. The third-order valence-corrected chi connectivity index (χ3v) is 4.34. The lowest BCUT2D eigenvalue weighted by Crippen LogP contribution is -2.25. The summed E-state index contributed by atoms with van der Waals surface area (Å²) in [5.74, 6) is 0.188. The predicted molar refractivity (Wildman–Crippen MR) is 80.1 cm³/mol. The molecule has 1 unspecified atom stereocenters. The van der Waals surface area contributed by atoms with E-state index >= 15 is 0 Å². The molecule has 4 heteroatoms. The van der Waals surface area contributed by atoms with Crippen molar-refractivity contribution >= 4 is 33.3 Å². The Bertz CT molecular complexity index is 513. The van der Waals surface area contributed by atoms with Gasteiger partial charge in [0.05, 0.1) is 4.83 Å². The van der Waals surface area contributed by atoms with Crippen LogP contribution in [0.3, 0.4) is 0 Å². The molecule has 1 aromatic rings. The highest BCUT2D eigenvalue weighted by Crippen LogP contribution is 2.29. The minimum atomic E-state index is -0.110. The highest BCUT2D eigenvalue weighted by atomic mass is 79.9. The number of amides is 1. The van der Waals surface area contributed by atoms with Crippen LogP contribution in [0.4, 0.5) is 5.69 Å². The quantitative estimate of drug-likeness (QED) is 0.629. The van der Waals surface area contributed by atoms with E-state index in [1.54, 1.807) is 11.8 Å². The number of fused-ring (bicyclic) bond motifs is 1. The number of hydrogen-bond acceptors (Lipinski definition) is 2. The van der Waals surface area contributed by atoms with Gasteiger partial charge in [0.2, 0.25) is 5.91 Å². The molecule has 0 bridgehead atoms. The Kier molecular flexibility index (Phi) is 4.40. The average molecular weight is 324 g/mol. The van der Waals surface area contributed by atoms with Gasteiger partial charge in [0.25, 0.3) is 0 Å². The van der Waals surface area contributed by atoms with Crippen LogP contribution in [0, 0.1) is 0 Å². The van der Waals surface area contributed by atoms with Gasteiger partial charge in [-0.25, -0.2) is 0 Å². The molecule has 1 heterocycles. The molecule has 19 heavy (non-hydrogen) atoms. The fraction of sp³-hybridized carbons (Fsp3) is 0.467. The summed E-state index contributed by atoms with van der Waals surface area (Å²) in [6.45, 7) is 4.36. The number of carbonyl (C=O) groups excluding carboxylic acids is 2. The molecule has 0 fully saturated rings. The number of Topliss-reactive ketones (excluding diaryl/α,β-unsaturated/α-hetero) is 1. The van der Waals surface area contributed by atoms with Crippen LogP contribution < -0.4 is 4.90 Å². The number of anilines is 1. The fourth-order valence-electron chi connectivity index (χ4n) is 2.45. The van der Waals surface area contributed by atoms with Crippen molar-refractivity contribution in [3.63, 3.8) is 0 Å². The SMILES string of the molecule is CCCC(Br)C(=O)c1ccc2c(c1)CCN2C(C)=O. The van der Waals surface area contributed by atoms with E-state index in [1.165, 1.54) is 0 Å². The molecule has 2 rings (SSSR count). The predicted octanol–water partition coefficient (Wildman–Crippen LogP) is 3.34. The summed E-state index contributed by atoms with van der Waals surface area (Å²) >= 11 is 3.44. The van der Waals surface area contributed by atoms with Crippen molar-refractivity contribution in [3.05, 3.63) is 29.3 Å². The van der Waals surface area contributed by atoms with Crippen LogP contribution in [0.1, 0.15) is 42.6 Å². The fourth-order valence-corrected chi connectivity index (χ4v) is 3.17. The molecule has 102 valence electrons. The molecular weight excluding hydrogens is 306 g/mol. The van der Waals surface area contributed by atoms with Crippen LogP contribution in [0.2, 0.25) is 0 Å². The van der Waals surface area contributed by atoms with Crippen molar-refractivity contribution in [3.8, 4) is 0 Å². The Morgan fingerprint density at radius 1 is 1.42 bits per heavy atom. The summed E-state index contributed by atoms with van der Waals surface area (Å²) in [6, 6.07) is 5.65. The Hall–Kier alpha value is -1.16. The van der Waals surface area contributed by atoms with Crippen molar-refractivity contribution in [2.45, 2.75) is 37.9 Å². The summed E-state index contributed by atoms with van der Waals surface area (Å²) < 4.78 is 0. The summed E-state index contributed by atoms with van der Waals surface area (Å²) in [7, 11) is 0. The molecule has 0 saturated heterocycles. The van der Waals surface area contributed by atoms with Gasteiger partial charge in [-0.15, -0.1) is 0 Å². The van der Waals surface area contributed by atoms with Gasteiger partial charge in [-0.05, 0) is 36.6 Å². The van der Waals surface area contributed by atoms with Gasteiger partial charge >= 0.3 is 0 Å². The van der Waals surface area contributed by atoms with Crippen LogP contribution in [0.15, 0.2) is 18.2 Å². The largest absolute Gasteiger partial charge is 0.312 e. The second-order valence-corrected chi connectivity index (χ2v) is 5.99. The van der Waals surface area contributed by atoms with E-state index < -0.39 is 0 Å². The number of rotatable bonds is 4. The molecule has 1 aliphatic heterocycles. The molecule has 1 atom stereocenters. The zero-order chi connectivity index (χ0) is 14.0. The number of nitrogens with zero attached hydrogens (tertiary/aromatic N) is 1. The molecule has 0 radical (unpaired) electrons. The van der Waals surface area contributed by atoms with Gasteiger partial charge in [0, 0.05) is 24.7 Å². The zero-order valence-electron chi connectivity index (χ0n) is 11.3. The van der Waals surface area contributed by atoms with Gasteiger partial charge in [-0.2, -0.15) is 0 Å². The lowest BCUT2D eigenvalue weighted by Gasteiger charge is -2.15. The molecule has 0 N–H and O–H groups in total. The monoisotopic (exact) mass is 323 g/mol. The van der Waals surface area contributed by atoms with E-state index in [9.17, 15) is 9.59 Å². The Morgan fingerprint density at radius 2 is 2.16 bits per heavy atom. The molecular formula is C15H18BrNO2. The van der Waals surface area contributed by atoms with Crippen molar-refractivity contribution in [1.29, 1.82) is 0 Å². The normalized spacial score (nSPS) is 15.2. The second-order valence-electron chi connectivity index (χ2n) is 4.88. The van der Waals surface area contributed by atoms with Gasteiger partial charge < -0.3 is 4.90 Å². The number of carbonyl (C=O) groups is 2. The number of benzene rings is 1. The molecule has 3 nitrogen and oxygen atoms in total. The smallest absolute Gasteiger partial charge is 0.223 e. The first-order valence-electron chi connectivity index (χ1n) is 6.64. The lowest BCUT2D eigenvalue weighted by molar-refractivity contribution is -0.116. The van der Waals surface area contributed by atoms with Crippen LogP contribution in [-0.2, 0) is 11.2 Å². The van der Waals surface area contributed by atoms with E-state index in [0.717, 1.165) is 42.6 Å². The number of alkyl halides is 1. The molecule has 0 aromatic heterocycles. The second kappa shape index (κ2) is 5.87. The van der Waals surface area contributed by atoms with Crippen molar-refractivity contribution < 1.29 is 9.59 Å². The van der Waals surface area contributed by atoms with Crippen molar-refractivity contribution in [2.24, 2.45) is 0 Å². The van der Waals surface area contributed by atoms with Gasteiger partial charge in [0.1, 0.15) is 0 Å². The number of hydrogen-bond donors (Lipinski definition) is 0. The minimum Gasteiger partial charge on any atom is -0.312 e. The summed E-state index contributed by atoms with van der Waals surface area (Å²) in [6.07, 6.45) is 2.65. The average Bonchev–Trinajstić information content (AvgIpc) is 2.80. The highest BCUT2D eigenvalue weighted by molar-refractivity contribution is 9.10. The standard InChI is InChI=1S/C15H18BrNO2/c1-3-4-13(16)15(19)12-5-6-14-11(9-12)7-8-17(14)10(2)18/h5-6,9,13H,3-4,7-8H2,1-2H3. The van der Waals surface area contributed by atoms with E-state index in [4.69, 9.17) is 0 Å². The van der Waals surface area contributed by atoms with Gasteiger partial charge in [0.15, 0.2) is 5.78 Å². The summed E-state index contributed by atoms with van der Waals surface area (Å²) in [4.78, 5) is 25.3. The molecule has 1 aliphatic rings. The maximum atomic E-state index is 12.2. The maximum Gasteiger partial charge on any atom is 0.223 e. The van der Waals surface area contributed by atoms with Crippen LogP contribution in [-0.4, -0.2) is 23.1 Å². The molecule has 0 spiro atoms. The van der Waals surface area contributed by atoms with E-state index in [0.29, 0.717) is 0 Å². The molecule has 0 saturated carbocycles. The van der Waals surface area contributed by atoms with Crippen LogP contribution in [0.5, 0.6) is 0 Å².